The Labute approximate surface area is 148 Å². The predicted molar refractivity (Wildman–Crippen MR) is 93.2 cm³/mol. The van der Waals surface area contributed by atoms with Crippen LogP contribution in [-0.2, 0) is 16.0 Å². The van der Waals surface area contributed by atoms with E-state index in [-0.39, 0.29) is 11.9 Å². The number of aliphatic hydroxyl groups is 1. The minimum atomic E-state index is -0.396. The van der Waals surface area contributed by atoms with E-state index in [4.69, 9.17) is 16.3 Å². The Bertz CT molecular complexity index is 546. The molecular weight excluding hydrogens is 328 g/mol. The van der Waals surface area contributed by atoms with Crippen molar-refractivity contribution in [2.24, 2.45) is 0 Å². The van der Waals surface area contributed by atoms with Gasteiger partial charge in [0.25, 0.3) is 0 Å². The minimum absolute atomic E-state index is 0.0232. The first-order chi connectivity index (χ1) is 11.6. The van der Waals surface area contributed by atoms with Crippen LogP contribution in [0.1, 0.15) is 18.4 Å². The van der Waals surface area contributed by atoms with Gasteiger partial charge in [0, 0.05) is 24.2 Å². The van der Waals surface area contributed by atoms with Gasteiger partial charge in [-0.15, -0.1) is 0 Å². The zero-order chi connectivity index (χ0) is 16.9. The second kappa shape index (κ2) is 8.30. The Morgan fingerprint density at radius 1 is 1.21 bits per heavy atom. The van der Waals surface area contributed by atoms with Crippen molar-refractivity contribution in [2.45, 2.75) is 31.4 Å². The van der Waals surface area contributed by atoms with E-state index in [1.54, 1.807) is 0 Å². The molecule has 3 rings (SSSR count). The number of likely N-dealkylation sites (tertiary alicyclic amines) is 1. The summed E-state index contributed by atoms with van der Waals surface area (Å²) in [5.41, 5.74) is 1.13. The second-order valence-electron chi connectivity index (χ2n) is 6.57. The molecule has 2 saturated heterocycles. The highest BCUT2D eigenvalue weighted by atomic mass is 35.5. The van der Waals surface area contributed by atoms with Crippen molar-refractivity contribution >= 4 is 17.5 Å². The number of rotatable bonds is 4. The summed E-state index contributed by atoms with van der Waals surface area (Å²) < 4.78 is 5.31. The van der Waals surface area contributed by atoms with E-state index in [1.165, 1.54) is 0 Å². The molecule has 2 aliphatic rings. The van der Waals surface area contributed by atoms with Crippen LogP contribution in [-0.4, -0.2) is 72.4 Å². The number of halogens is 1. The second-order valence-corrected chi connectivity index (χ2v) is 7.01. The molecular formula is C18H25ClN2O3. The summed E-state index contributed by atoms with van der Waals surface area (Å²) in [5, 5.41) is 11.2. The number of benzene rings is 1. The van der Waals surface area contributed by atoms with Crippen molar-refractivity contribution < 1.29 is 14.6 Å². The van der Waals surface area contributed by atoms with Crippen molar-refractivity contribution in [1.82, 2.24) is 9.80 Å². The highest BCUT2D eigenvalue weighted by Gasteiger charge is 2.32. The zero-order valence-corrected chi connectivity index (χ0v) is 14.6. The SMILES string of the molecule is O=C(CN1CCC[C@H](O)[C@@H]1Cc1ccc(Cl)cc1)N1CCOCC1. The molecule has 1 aromatic carbocycles. The van der Waals surface area contributed by atoms with E-state index in [2.05, 4.69) is 4.90 Å². The lowest BCUT2D eigenvalue weighted by molar-refractivity contribution is -0.138. The molecule has 0 radical (unpaired) electrons. The molecule has 24 heavy (non-hydrogen) atoms. The minimum Gasteiger partial charge on any atom is -0.391 e. The van der Waals surface area contributed by atoms with Gasteiger partial charge in [0.2, 0.25) is 5.91 Å². The number of morpholine rings is 1. The summed E-state index contributed by atoms with van der Waals surface area (Å²) in [6.45, 7) is 3.78. The lowest BCUT2D eigenvalue weighted by atomic mass is 9.93. The summed E-state index contributed by atoms with van der Waals surface area (Å²) in [6.07, 6.45) is 2.05. The van der Waals surface area contributed by atoms with E-state index in [1.807, 2.05) is 29.2 Å². The van der Waals surface area contributed by atoms with Gasteiger partial charge in [0.1, 0.15) is 0 Å². The molecule has 0 aliphatic carbocycles. The van der Waals surface area contributed by atoms with Gasteiger partial charge in [-0.3, -0.25) is 9.69 Å². The number of ether oxygens (including phenoxy) is 1. The number of amides is 1. The lowest BCUT2D eigenvalue weighted by Gasteiger charge is -2.40. The number of hydrogen-bond acceptors (Lipinski definition) is 4. The molecule has 1 N–H and O–H groups in total. The number of carbonyl (C=O) groups is 1. The third kappa shape index (κ3) is 4.48. The van der Waals surface area contributed by atoms with Crippen LogP contribution < -0.4 is 0 Å². The van der Waals surface area contributed by atoms with Crippen LogP contribution in [0.25, 0.3) is 0 Å². The number of aliphatic hydroxyl groups excluding tert-OH is 1. The summed E-state index contributed by atoms with van der Waals surface area (Å²) in [7, 11) is 0. The molecule has 132 valence electrons. The molecule has 0 saturated carbocycles. The summed E-state index contributed by atoms with van der Waals surface area (Å²) >= 11 is 5.95. The molecule has 1 amide bonds. The zero-order valence-electron chi connectivity index (χ0n) is 13.9. The Hall–Kier alpha value is -1.14. The van der Waals surface area contributed by atoms with E-state index in [0.717, 1.165) is 31.4 Å². The average Bonchev–Trinajstić information content (AvgIpc) is 2.60. The van der Waals surface area contributed by atoms with E-state index >= 15 is 0 Å². The molecule has 2 aliphatic heterocycles. The van der Waals surface area contributed by atoms with Gasteiger partial charge in [-0.25, -0.2) is 0 Å². The first-order valence-corrected chi connectivity index (χ1v) is 9.03. The third-order valence-electron chi connectivity index (χ3n) is 4.92. The first-order valence-electron chi connectivity index (χ1n) is 8.65. The number of nitrogens with zero attached hydrogens (tertiary/aromatic N) is 2. The fourth-order valence-corrected chi connectivity index (χ4v) is 3.64. The molecule has 2 atom stereocenters. The van der Waals surface area contributed by atoms with Crippen molar-refractivity contribution in [3.05, 3.63) is 34.9 Å². The Kier molecular flexibility index (Phi) is 6.11. The summed E-state index contributed by atoms with van der Waals surface area (Å²) in [5.74, 6) is 0.133. The van der Waals surface area contributed by atoms with Gasteiger partial charge in [0.05, 0.1) is 25.9 Å². The smallest absolute Gasteiger partial charge is 0.236 e. The average molecular weight is 353 g/mol. The van der Waals surface area contributed by atoms with Crippen molar-refractivity contribution in [2.75, 3.05) is 39.4 Å². The topological polar surface area (TPSA) is 53.0 Å². The summed E-state index contributed by atoms with van der Waals surface area (Å²) in [4.78, 5) is 16.5. The number of piperidine rings is 1. The van der Waals surface area contributed by atoms with Gasteiger partial charge >= 0.3 is 0 Å². The largest absolute Gasteiger partial charge is 0.391 e. The Balaban J connectivity index is 1.64. The van der Waals surface area contributed by atoms with Crippen molar-refractivity contribution in [3.63, 3.8) is 0 Å². The number of carbonyl (C=O) groups excluding carboxylic acids is 1. The third-order valence-corrected chi connectivity index (χ3v) is 5.17. The van der Waals surface area contributed by atoms with Gasteiger partial charge in [-0.1, -0.05) is 23.7 Å². The normalized spacial score (nSPS) is 25.7. The highest BCUT2D eigenvalue weighted by molar-refractivity contribution is 6.30. The predicted octanol–water partition coefficient (Wildman–Crippen LogP) is 1.57. The maximum Gasteiger partial charge on any atom is 0.236 e. The highest BCUT2D eigenvalue weighted by Crippen LogP contribution is 2.22. The maximum absolute atomic E-state index is 12.5. The molecule has 0 spiro atoms. The van der Waals surface area contributed by atoms with E-state index in [9.17, 15) is 9.90 Å². The van der Waals surface area contributed by atoms with Crippen LogP contribution in [0.5, 0.6) is 0 Å². The van der Waals surface area contributed by atoms with Crippen LogP contribution in [0.2, 0.25) is 5.02 Å². The molecule has 1 aromatic rings. The molecule has 5 nitrogen and oxygen atoms in total. The fraction of sp³-hybridized carbons (Fsp3) is 0.611. The Morgan fingerprint density at radius 3 is 2.62 bits per heavy atom. The molecule has 0 unspecified atom stereocenters. The van der Waals surface area contributed by atoms with E-state index < -0.39 is 6.10 Å². The molecule has 2 heterocycles. The lowest BCUT2D eigenvalue weighted by Crippen LogP contribution is -2.54. The first kappa shape index (κ1) is 17.7. The van der Waals surface area contributed by atoms with Crippen LogP contribution in [0.4, 0.5) is 0 Å². The molecule has 0 bridgehead atoms. The quantitative estimate of drug-likeness (QED) is 0.893. The van der Waals surface area contributed by atoms with Gasteiger partial charge in [-0.2, -0.15) is 0 Å². The summed E-state index contributed by atoms with van der Waals surface area (Å²) in [6, 6.07) is 7.70. The van der Waals surface area contributed by atoms with Gasteiger partial charge < -0.3 is 14.7 Å². The van der Waals surface area contributed by atoms with Crippen molar-refractivity contribution in [3.8, 4) is 0 Å². The van der Waals surface area contributed by atoms with Crippen LogP contribution in [0.15, 0.2) is 24.3 Å². The molecule has 2 fully saturated rings. The maximum atomic E-state index is 12.5. The number of hydrogen-bond donors (Lipinski definition) is 1. The van der Waals surface area contributed by atoms with Crippen LogP contribution in [0, 0.1) is 0 Å². The fourth-order valence-electron chi connectivity index (χ4n) is 3.51. The van der Waals surface area contributed by atoms with Crippen LogP contribution >= 0.6 is 11.6 Å². The van der Waals surface area contributed by atoms with Gasteiger partial charge in [-0.05, 0) is 43.5 Å². The monoisotopic (exact) mass is 352 g/mol. The standard InChI is InChI=1S/C18H25ClN2O3/c19-15-5-3-14(4-6-15)12-16-17(22)2-1-7-21(16)13-18(23)20-8-10-24-11-9-20/h3-6,16-17,22H,1-2,7-13H2/t16-,17-/m0/s1. The molecule has 0 aromatic heterocycles. The molecule has 6 heteroatoms. The van der Waals surface area contributed by atoms with Gasteiger partial charge in [0.15, 0.2) is 0 Å². The Morgan fingerprint density at radius 2 is 1.92 bits per heavy atom. The van der Waals surface area contributed by atoms with Crippen molar-refractivity contribution in [1.29, 1.82) is 0 Å². The van der Waals surface area contributed by atoms with Crippen LogP contribution in [0.3, 0.4) is 0 Å². The van der Waals surface area contributed by atoms with E-state index in [0.29, 0.717) is 37.9 Å².